The van der Waals surface area contributed by atoms with Crippen molar-refractivity contribution in [1.29, 1.82) is 5.26 Å². The van der Waals surface area contributed by atoms with Crippen molar-refractivity contribution in [3.63, 3.8) is 0 Å². The van der Waals surface area contributed by atoms with Crippen LogP contribution in [0.25, 0.3) is 0 Å². The molecule has 1 heterocycles. The lowest BCUT2D eigenvalue weighted by molar-refractivity contribution is -0.121. The number of para-hydroxylation sites is 1. The van der Waals surface area contributed by atoms with E-state index in [1.165, 1.54) is 0 Å². The van der Waals surface area contributed by atoms with Crippen molar-refractivity contribution in [2.24, 2.45) is 0 Å². The molecule has 1 aliphatic rings. The first-order valence-electron chi connectivity index (χ1n) is 10.8. The average molecular weight is 470 g/mol. The lowest BCUT2D eigenvalue weighted by atomic mass is 9.87. The summed E-state index contributed by atoms with van der Waals surface area (Å²) in [7, 11) is 0. The topological polar surface area (TPSA) is 91.2 Å². The van der Waals surface area contributed by atoms with E-state index in [0.717, 1.165) is 22.9 Å². The number of ether oxygens (including phenoxy) is 1. The smallest absolute Gasteiger partial charge is 0.234 e. The summed E-state index contributed by atoms with van der Waals surface area (Å²) in [4.78, 5) is 24.7. The van der Waals surface area contributed by atoms with Gasteiger partial charge in [-0.05, 0) is 35.4 Å². The van der Waals surface area contributed by atoms with Crippen molar-refractivity contribution in [2.45, 2.75) is 18.9 Å². The van der Waals surface area contributed by atoms with Crippen LogP contribution in [0.15, 0.2) is 95.5 Å². The van der Waals surface area contributed by atoms with Crippen LogP contribution in [0.1, 0.15) is 23.5 Å². The van der Waals surface area contributed by atoms with Gasteiger partial charge in [-0.3, -0.25) is 9.59 Å². The van der Waals surface area contributed by atoms with E-state index < -0.39 is 0 Å². The SMILES string of the molecule is N#CC1=C(SCC(=O)Nc2ccccc2)NC(=O)CC1c1ccc(OCc2ccccc2)cc1. The molecule has 3 aromatic carbocycles. The molecule has 7 heteroatoms. The minimum absolute atomic E-state index is 0.0780. The average Bonchev–Trinajstić information content (AvgIpc) is 2.87. The molecule has 2 amide bonds. The van der Waals surface area contributed by atoms with E-state index in [1.807, 2.05) is 72.8 Å². The molecule has 6 nitrogen and oxygen atoms in total. The molecule has 0 aliphatic carbocycles. The minimum atomic E-state index is -0.374. The molecule has 4 rings (SSSR count). The van der Waals surface area contributed by atoms with E-state index in [4.69, 9.17) is 4.74 Å². The number of carbonyl (C=O) groups is 2. The Hall–Kier alpha value is -4.02. The third kappa shape index (κ3) is 6.06. The Kier molecular flexibility index (Phi) is 7.63. The normalized spacial score (nSPS) is 15.3. The van der Waals surface area contributed by atoms with Crippen molar-refractivity contribution >= 4 is 29.3 Å². The zero-order valence-electron chi connectivity index (χ0n) is 18.4. The van der Waals surface area contributed by atoms with Gasteiger partial charge in [-0.15, -0.1) is 0 Å². The Bertz CT molecular complexity index is 1220. The third-order valence-corrected chi connectivity index (χ3v) is 6.31. The lowest BCUT2D eigenvalue weighted by Crippen LogP contribution is -2.31. The monoisotopic (exact) mass is 469 g/mol. The van der Waals surface area contributed by atoms with Crippen molar-refractivity contribution in [2.75, 3.05) is 11.1 Å². The summed E-state index contributed by atoms with van der Waals surface area (Å²) in [6.07, 6.45) is 0.174. The highest BCUT2D eigenvalue weighted by Crippen LogP contribution is 2.36. The molecule has 1 unspecified atom stereocenters. The van der Waals surface area contributed by atoms with Gasteiger partial charge < -0.3 is 15.4 Å². The third-order valence-electron chi connectivity index (χ3n) is 5.29. The fraction of sp³-hybridized carbons (Fsp3) is 0.148. The van der Waals surface area contributed by atoms with Crippen LogP contribution >= 0.6 is 11.8 Å². The first-order chi connectivity index (χ1) is 16.6. The van der Waals surface area contributed by atoms with E-state index >= 15 is 0 Å². The van der Waals surface area contributed by atoms with Crippen molar-refractivity contribution < 1.29 is 14.3 Å². The van der Waals surface area contributed by atoms with Gasteiger partial charge in [0.2, 0.25) is 11.8 Å². The lowest BCUT2D eigenvalue weighted by Gasteiger charge is -2.25. The fourth-order valence-electron chi connectivity index (χ4n) is 3.61. The van der Waals surface area contributed by atoms with Gasteiger partial charge in [0, 0.05) is 18.0 Å². The maximum absolute atomic E-state index is 12.4. The molecule has 0 radical (unpaired) electrons. The van der Waals surface area contributed by atoms with Crippen molar-refractivity contribution in [3.05, 3.63) is 107 Å². The van der Waals surface area contributed by atoms with Gasteiger partial charge in [-0.25, -0.2) is 0 Å². The van der Waals surface area contributed by atoms with Crippen LogP contribution in [0.4, 0.5) is 5.69 Å². The van der Waals surface area contributed by atoms with Gasteiger partial charge in [0.1, 0.15) is 12.4 Å². The number of nitrogens with one attached hydrogen (secondary N) is 2. The van der Waals surface area contributed by atoms with Crippen molar-refractivity contribution in [1.82, 2.24) is 5.32 Å². The number of hydrogen-bond acceptors (Lipinski definition) is 5. The minimum Gasteiger partial charge on any atom is -0.489 e. The largest absolute Gasteiger partial charge is 0.489 e. The number of carbonyl (C=O) groups excluding carboxylic acids is 2. The molecular weight excluding hydrogens is 446 g/mol. The summed E-state index contributed by atoms with van der Waals surface area (Å²) in [5, 5.41) is 15.8. The first kappa shape index (κ1) is 23.1. The van der Waals surface area contributed by atoms with Crippen LogP contribution in [0, 0.1) is 11.3 Å². The summed E-state index contributed by atoms with van der Waals surface area (Å²) in [5.41, 5.74) is 3.08. The highest BCUT2D eigenvalue weighted by atomic mass is 32.2. The Balaban J connectivity index is 1.43. The Morgan fingerprint density at radius 3 is 2.38 bits per heavy atom. The second-order valence-electron chi connectivity index (χ2n) is 7.71. The zero-order valence-corrected chi connectivity index (χ0v) is 19.2. The number of benzene rings is 3. The Morgan fingerprint density at radius 1 is 1.03 bits per heavy atom. The number of allylic oxidation sites excluding steroid dienone is 1. The number of amides is 2. The number of anilines is 1. The van der Waals surface area contributed by atoms with Crippen LogP contribution in [0.5, 0.6) is 5.75 Å². The number of nitriles is 1. The van der Waals surface area contributed by atoms with Crippen molar-refractivity contribution in [3.8, 4) is 11.8 Å². The highest BCUT2D eigenvalue weighted by Gasteiger charge is 2.30. The summed E-state index contributed by atoms with van der Waals surface area (Å²) < 4.78 is 5.84. The van der Waals surface area contributed by atoms with Gasteiger partial charge in [0.15, 0.2) is 0 Å². The van der Waals surface area contributed by atoms with E-state index in [-0.39, 0.29) is 29.9 Å². The number of hydrogen-bond donors (Lipinski definition) is 2. The number of nitrogens with zero attached hydrogens (tertiary/aromatic N) is 1. The highest BCUT2D eigenvalue weighted by molar-refractivity contribution is 8.03. The number of rotatable bonds is 8. The summed E-state index contributed by atoms with van der Waals surface area (Å²) in [6, 6.07) is 28.7. The molecule has 0 aromatic heterocycles. The molecule has 1 atom stereocenters. The molecule has 34 heavy (non-hydrogen) atoms. The van der Waals surface area contributed by atoms with Gasteiger partial charge in [-0.2, -0.15) is 5.26 Å². The molecule has 1 aliphatic heterocycles. The molecule has 0 saturated carbocycles. The first-order valence-corrected chi connectivity index (χ1v) is 11.8. The molecule has 0 bridgehead atoms. The Morgan fingerprint density at radius 2 is 1.71 bits per heavy atom. The zero-order chi connectivity index (χ0) is 23.8. The summed E-state index contributed by atoms with van der Waals surface area (Å²) in [6.45, 7) is 0.460. The molecule has 2 N–H and O–H groups in total. The van der Waals surface area contributed by atoms with Crippen LogP contribution in [0.2, 0.25) is 0 Å². The van der Waals surface area contributed by atoms with Crippen LogP contribution in [0.3, 0.4) is 0 Å². The molecule has 170 valence electrons. The second-order valence-corrected chi connectivity index (χ2v) is 8.69. The van der Waals surface area contributed by atoms with E-state index in [2.05, 4.69) is 16.7 Å². The maximum Gasteiger partial charge on any atom is 0.234 e. The second kappa shape index (κ2) is 11.2. The standard InChI is InChI=1S/C27H23N3O3S/c28-16-24-23(20-11-13-22(14-12-20)33-17-19-7-3-1-4-8-19)15-25(31)30-27(24)34-18-26(32)29-21-9-5-2-6-10-21/h1-14,23H,15,17-18H2,(H,29,32)(H,30,31). The van der Waals surface area contributed by atoms with Gasteiger partial charge >= 0.3 is 0 Å². The van der Waals surface area contributed by atoms with Gasteiger partial charge in [-0.1, -0.05) is 72.4 Å². The summed E-state index contributed by atoms with van der Waals surface area (Å²) >= 11 is 1.16. The Labute approximate surface area is 202 Å². The molecular formula is C27H23N3O3S. The molecule has 3 aromatic rings. The molecule has 0 spiro atoms. The van der Waals surface area contributed by atoms with Crippen LogP contribution < -0.4 is 15.4 Å². The predicted octanol–water partition coefficient (Wildman–Crippen LogP) is 4.98. The van der Waals surface area contributed by atoms with Gasteiger partial charge in [0.25, 0.3) is 0 Å². The van der Waals surface area contributed by atoms with E-state index in [0.29, 0.717) is 28.6 Å². The number of thioether (sulfide) groups is 1. The maximum atomic E-state index is 12.4. The van der Waals surface area contributed by atoms with E-state index in [1.54, 1.807) is 12.1 Å². The summed E-state index contributed by atoms with van der Waals surface area (Å²) in [5.74, 6) is 0.0232. The molecule has 0 saturated heterocycles. The quantitative estimate of drug-likeness (QED) is 0.486. The molecule has 0 fully saturated rings. The van der Waals surface area contributed by atoms with Gasteiger partial charge in [0.05, 0.1) is 22.4 Å². The van der Waals surface area contributed by atoms with Crippen LogP contribution in [-0.2, 0) is 16.2 Å². The fourth-order valence-corrected chi connectivity index (χ4v) is 4.49. The van der Waals surface area contributed by atoms with E-state index in [9.17, 15) is 14.9 Å². The predicted molar refractivity (Wildman–Crippen MR) is 133 cm³/mol. The van der Waals surface area contributed by atoms with Crippen LogP contribution in [-0.4, -0.2) is 17.6 Å².